The van der Waals surface area contributed by atoms with Crippen LogP contribution in [-0.2, 0) is 6.42 Å². The van der Waals surface area contributed by atoms with Gasteiger partial charge < -0.3 is 10.7 Å². The molecule has 0 aliphatic rings. The third kappa shape index (κ3) is 1.95. The molecule has 0 spiro atoms. The molecule has 2 heterocycles. The first-order valence-electron chi connectivity index (χ1n) is 7.05. The van der Waals surface area contributed by atoms with Gasteiger partial charge in [-0.1, -0.05) is 42.5 Å². The maximum Gasteiger partial charge on any atom is 0.276 e. The second kappa shape index (κ2) is 4.73. The number of hydrogen-bond acceptors (Lipinski definition) is 3. The largest absolute Gasteiger partial charge is 0.369 e. The summed E-state index contributed by atoms with van der Waals surface area (Å²) in [4.78, 5) is 21.6. The van der Waals surface area contributed by atoms with Gasteiger partial charge in [0.25, 0.3) is 5.56 Å². The standard InChI is InChI=1S/C17H14N4O/c18-17-20-14-12(9-19-15(14)16(22)21-17)8-11-6-3-5-10-4-1-2-7-13(10)11/h1-7,9,19H,8H2,(H3,18,20,21,22). The highest BCUT2D eigenvalue weighted by atomic mass is 16.1. The van der Waals surface area contributed by atoms with Crippen LogP contribution in [0.25, 0.3) is 21.8 Å². The van der Waals surface area contributed by atoms with Gasteiger partial charge in [-0.3, -0.25) is 9.78 Å². The van der Waals surface area contributed by atoms with Crippen LogP contribution < -0.4 is 11.3 Å². The quantitative estimate of drug-likeness (QED) is 0.530. The lowest BCUT2D eigenvalue weighted by Crippen LogP contribution is -2.11. The number of nitrogens with zero attached hydrogens (tertiary/aromatic N) is 1. The maximum absolute atomic E-state index is 11.9. The summed E-state index contributed by atoms with van der Waals surface area (Å²) in [6.07, 6.45) is 2.52. The Balaban J connectivity index is 1.88. The van der Waals surface area contributed by atoms with Gasteiger partial charge in [0.05, 0.1) is 0 Å². The van der Waals surface area contributed by atoms with Crippen LogP contribution in [0.3, 0.4) is 0 Å². The van der Waals surface area contributed by atoms with Gasteiger partial charge >= 0.3 is 0 Å². The van der Waals surface area contributed by atoms with Crippen molar-refractivity contribution in [1.29, 1.82) is 0 Å². The Labute approximate surface area is 125 Å². The SMILES string of the molecule is Nc1nc2c(Cc3cccc4ccccc34)c[nH]c2c(=O)[nH]1. The van der Waals surface area contributed by atoms with E-state index in [9.17, 15) is 4.79 Å². The van der Waals surface area contributed by atoms with Crippen LogP contribution in [0.5, 0.6) is 0 Å². The zero-order valence-electron chi connectivity index (χ0n) is 11.8. The van der Waals surface area contributed by atoms with E-state index in [4.69, 9.17) is 5.73 Å². The molecule has 0 radical (unpaired) electrons. The van der Waals surface area contributed by atoms with E-state index in [2.05, 4.69) is 39.2 Å². The summed E-state index contributed by atoms with van der Waals surface area (Å²) < 4.78 is 0. The zero-order valence-corrected chi connectivity index (χ0v) is 11.8. The third-order valence-corrected chi connectivity index (χ3v) is 3.89. The number of aromatic amines is 2. The summed E-state index contributed by atoms with van der Waals surface area (Å²) in [5.41, 5.74) is 8.66. The number of benzene rings is 2. The Kier molecular flexibility index (Phi) is 2.72. The first kappa shape index (κ1) is 12.6. The van der Waals surface area contributed by atoms with E-state index in [0.717, 1.165) is 5.56 Å². The summed E-state index contributed by atoms with van der Waals surface area (Å²) >= 11 is 0. The van der Waals surface area contributed by atoms with Crippen LogP contribution in [0.1, 0.15) is 11.1 Å². The predicted molar refractivity (Wildman–Crippen MR) is 87.9 cm³/mol. The van der Waals surface area contributed by atoms with Crippen molar-refractivity contribution >= 4 is 27.8 Å². The van der Waals surface area contributed by atoms with Crippen molar-refractivity contribution in [3.05, 3.63) is 70.1 Å². The number of rotatable bonds is 2. The van der Waals surface area contributed by atoms with Gasteiger partial charge in [0, 0.05) is 18.2 Å². The highest BCUT2D eigenvalue weighted by Gasteiger charge is 2.11. The molecule has 0 aliphatic carbocycles. The molecule has 2 aromatic heterocycles. The second-order valence-corrected chi connectivity index (χ2v) is 5.30. The van der Waals surface area contributed by atoms with Crippen molar-refractivity contribution in [2.24, 2.45) is 0 Å². The molecular weight excluding hydrogens is 276 g/mol. The first-order chi connectivity index (χ1) is 10.7. The molecule has 108 valence electrons. The minimum absolute atomic E-state index is 0.135. The highest BCUT2D eigenvalue weighted by molar-refractivity contribution is 5.87. The fraction of sp³-hybridized carbons (Fsp3) is 0.0588. The Morgan fingerprint density at radius 1 is 1.05 bits per heavy atom. The van der Waals surface area contributed by atoms with E-state index in [1.54, 1.807) is 0 Å². The number of nitrogen functional groups attached to an aromatic ring is 1. The Bertz CT molecular complexity index is 1040. The first-order valence-corrected chi connectivity index (χ1v) is 7.05. The van der Waals surface area contributed by atoms with Gasteiger partial charge in [-0.15, -0.1) is 0 Å². The molecule has 0 atom stereocenters. The molecule has 0 saturated heterocycles. The number of fused-ring (bicyclic) bond motifs is 2. The van der Waals surface area contributed by atoms with E-state index < -0.39 is 0 Å². The topological polar surface area (TPSA) is 87.6 Å². The minimum atomic E-state index is -0.244. The molecule has 0 aliphatic heterocycles. The van der Waals surface area contributed by atoms with Crippen molar-refractivity contribution in [2.75, 3.05) is 5.73 Å². The second-order valence-electron chi connectivity index (χ2n) is 5.30. The molecular formula is C17H14N4O. The summed E-state index contributed by atoms with van der Waals surface area (Å²) in [5.74, 6) is 0.135. The monoisotopic (exact) mass is 290 g/mol. The van der Waals surface area contributed by atoms with Crippen molar-refractivity contribution in [2.45, 2.75) is 6.42 Å². The zero-order chi connectivity index (χ0) is 15.1. The van der Waals surface area contributed by atoms with Crippen LogP contribution in [0.4, 0.5) is 5.95 Å². The van der Waals surface area contributed by atoms with Gasteiger partial charge in [-0.25, -0.2) is 4.98 Å². The number of H-pyrrole nitrogens is 2. The van der Waals surface area contributed by atoms with Gasteiger partial charge in [0.2, 0.25) is 5.95 Å². The molecule has 0 unspecified atom stereocenters. The van der Waals surface area contributed by atoms with E-state index in [-0.39, 0.29) is 11.5 Å². The number of anilines is 1. The number of aromatic nitrogens is 3. The van der Waals surface area contributed by atoms with Gasteiger partial charge in [-0.05, 0) is 16.3 Å². The van der Waals surface area contributed by atoms with E-state index in [0.29, 0.717) is 17.5 Å². The van der Waals surface area contributed by atoms with E-state index >= 15 is 0 Å². The molecule has 0 fully saturated rings. The average Bonchev–Trinajstić information content (AvgIpc) is 2.91. The molecule has 5 nitrogen and oxygen atoms in total. The lowest BCUT2D eigenvalue weighted by molar-refractivity contribution is 1.17. The average molecular weight is 290 g/mol. The third-order valence-electron chi connectivity index (χ3n) is 3.89. The molecule has 5 heteroatoms. The predicted octanol–water partition coefficient (Wildman–Crippen LogP) is 2.58. The van der Waals surface area contributed by atoms with Crippen LogP contribution >= 0.6 is 0 Å². The van der Waals surface area contributed by atoms with Crippen LogP contribution in [0, 0.1) is 0 Å². The Hall–Kier alpha value is -3.08. The Morgan fingerprint density at radius 2 is 1.86 bits per heavy atom. The fourth-order valence-corrected chi connectivity index (χ4v) is 2.87. The molecule has 0 saturated carbocycles. The van der Waals surface area contributed by atoms with E-state index in [1.807, 2.05) is 24.4 Å². The van der Waals surface area contributed by atoms with Crippen LogP contribution in [0.15, 0.2) is 53.5 Å². The number of nitrogens with one attached hydrogen (secondary N) is 2. The number of nitrogens with two attached hydrogens (primary N) is 1. The van der Waals surface area contributed by atoms with Gasteiger partial charge in [0.1, 0.15) is 11.0 Å². The summed E-state index contributed by atoms with van der Waals surface area (Å²) in [6, 6.07) is 14.5. The van der Waals surface area contributed by atoms with Crippen LogP contribution in [-0.4, -0.2) is 15.0 Å². The van der Waals surface area contributed by atoms with Crippen molar-refractivity contribution in [3.8, 4) is 0 Å². The van der Waals surface area contributed by atoms with Gasteiger partial charge in [-0.2, -0.15) is 0 Å². The summed E-state index contributed by atoms with van der Waals surface area (Å²) in [7, 11) is 0. The number of hydrogen-bond donors (Lipinski definition) is 3. The molecule has 4 rings (SSSR count). The van der Waals surface area contributed by atoms with Crippen molar-refractivity contribution < 1.29 is 0 Å². The van der Waals surface area contributed by atoms with Crippen molar-refractivity contribution in [3.63, 3.8) is 0 Å². The lowest BCUT2D eigenvalue weighted by atomic mass is 9.99. The van der Waals surface area contributed by atoms with Crippen LogP contribution in [0.2, 0.25) is 0 Å². The van der Waals surface area contributed by atoms with Gasteiger partial charge in [0.15, 0.2) is 0 Å². The van der Waals surface area contributed by atoms with E-state index in [1.165, 1.54) is 16.3 Å². The fourth-order valence-electron chi connectivity index (χ4n) is 2.87. The molecule has 2 aromatic carbocycles. The maximum atomic E-state index is 11.9. The molecule has 4 aromatic rings. The summed E-state index contributed by atoms with van der Waals surface area (Å²) in [6.45, 7) is 0. The molecule has 22 heavy (non-hydrogen) atoms. The summed E-state index contributed by atoms with van der Waals surface area (Å²) in [5, 5.41) is 2.40. The van der Waals surface area contributed by atoms with Crippen molar-refractivity contribution in [1.82, 2.24) is 15.0 Å². The minimum Gasteiger partial charge on any atom is -0.369 e. The molecule has 0 amide bonds. The Morgan fingerprint density at radius 3 is 2.77 bits per heavy atom. The highest BCUT2D eigenvalue weighted by Crippen LogP contribution is 2.23. The molecule has 4 N–H and O–H groups in total. The molecule has 0 bridgehead atoms. The lowest BCUT2D eigenvalue weighted by Gasteiger charge is -2.05. The smallest absolute Gasteiger partial charge is 0.276 e. The normalized spacial score (nSPS) is 11.3.